The Balaban J connectivity index is 2.21. The minimum Gasteiger partial charge on any atom is -0.384 e. The highest BCUT2D eigenvalue weighted by atomic mass is 35.5. The molecule has 6 heteroatoms. The summed E-state index contributed by atoms with van der Waals surface area (Å²) in [5.41, 5.74) is 6.32. The van der Waals surface area contributed by atoms with Crippen molar-refractivity contribution in [3.05, 3.63) is 52.1 Å². The van der Waals surface area contributed by atoms with Crippen molar-refractivity contribution < 1.29 is 4.21 Å². The molecule has 3 nitrogen and oxygen atoms in total. The van der Waals surface area contributed by atoms with Crippen LogP contribution in [0.15, 0.2) is 41.4 Å². The van der Waals surface area contributed by atoms with Crippen molar-refractivity contribution in [2.45, 2.75) is 10.6 Å². The Bertz CT molecular complexity index is 587. The Morgan fingerprint density at radius 3 is 2.67 bits per heavy atom. The van der Waals surface area contributed by atoms with Gasteiger partial charge in [0.05, 0.1) is 26.5 Å². The molecule has 0 radical (unpaired) electrons. The number of rotatable bonds is 3. The predicted octanol–water partition coefficient (Wildman–Crippen LogP) is 3.28. The van der Waals surface area contributed by atoms with E-state index in [9.17, 15) is 4.21 Å². The van der Waals surface area contributed by atoms with Crippen molar-refractivity contribution in [2.75, 3.05) is 5.73 Å². The summed E-state index contributed by atoms with van der Waals surface area (Å²) in [6, 6.07) is 8.38. The highest BCUT2D eigenvalue weighted by Gasteiger charge is 2.10. The van der Waals surface area contributed by atoms with E-state index in [-0.39, 0.29) is 0 Å². The standard InChI is InChI=1S/C12H10Cl2N2OS/c13-9-2-3-10(14)11(5-9)18(17)7-8-1-4-12(15)16-6-8/h1-6H,7H2,(H2,15,16). The summed E-state index contributed by atoms with van der Waals surface area (Å²) in [5, 5.41) is 0.958. The van der Waals surface area contributed by atoms with Crippen molar-refractivity contribution in [1.29, 1.82) is 0 Å². The lowest BCUT2D eigenvalue weighted by Crippen LogP contribution is -1.99. The smallest absolute Gasteiger partial charge is 0.123 e. The van der Waals surface area contributed by atoms with E-state index in [0.717, 1.165) is 5.56 Å². The number of nitrogens with zero attached hydrogens (tertiary/aromatic N) is 1. The van der Waals surface area contributed by atoms with Crippen LogP contribution in [0.1, 0.15) is 5.56 Å². The minimum atomic E-state index is -1.26. The molecule has 0 saturated carbocycles. The van der Waals surface area contributed by atoms with Crippen LogP contribution in [0, 0.1) is 0 Å². The lowest BCUT2D eigenvalue weighted by Gasteiger charge is -2.05. The zero-order valence-corrected chi connectivity index (χ0v) is 11.6. The van der Waals surface area contributed by atoms with Gasteiger partial charge in [0.2, 0.25) is 0 Å². The van der Waals surface area contributed by atoms with E-state index in [1.54, 1.807) is 36.5 Å². The average molecular weight is 301 g/mol. The molecule has 1 unspecified atom stereocenters. The molecule has 0 bridgehead atoms. The average Bonchev–Trinajstić information content (AvgIpc) is 2.35. The van der Waals surface area contributed by atoms with Gasteiger partial charge in [0, 0.05) is 11.2 Å². The van der Waals surface area contributed by atoms with E-state index in [2.05, 4.69) is 4.98 Å². The number of hydrogen-bond donors (Lipinski definition) is 1. The third-order valence-corrected chi connectivity index (χ3v) is 4.38. The molecular weight excluding hydrogens is 291 g/mol. The number of anilines is 1. The molecule has 0 spiro atoms. The summed E-state index contributed by atoms with van der Waals surface area (Å²) >= 11 is 11.9. The minimum absolute atomic E-state index is 0.327. The second-order valence-corrected chi connectivity index (χ2v) is 5.92. The SMILES string of the molecule is Nc1ccc(CS(=O)c2cc(Cl)ccc2Cl)cn1. The van der Waals surface area contributed by atoms with Gasteiger partial charge in [0.25, 0.3) is 0 Å². The van der Waals surface area contributed by atoms with Crippen LogP contribution >= 0.6 is 23.2 Å². The van der Waals surface area contributed by atoms with Gasteiger partial charge < -0.3 is 5.73 Å². The molecule has 0 amide bonds. The molecule has 2 N–H and O–H groups in total. The number of pyridine rings is 1. The Kier molecular flexibility index (Phi) is 4.22. The molecule has 2 aromatic rings. The largest absolute Gasteiger partial charge is 0.384 e. The van der Waals surface area contributed by atoms with E-state index in [0.29, 0.717) is 26.5 Å². The number of benzene rings is 1. The second-order valence-electron chi connectivity index (χ2n) is 3.66. The maximum Gasteiger partial charge on any atom is 0.123 e. The van der Waals surface area contributed by atoms with Gasteiger partial charge in [-0.05, 0) is 29.8 Å². The van der Waals surface area contributed by atoms with E-state index in [1.165, 1.54) is 0 Å². The number of nitrogens with two attached hydrogens (primary N) is 1. The lowest BCUT2D eigenvalue weighted by atomic mass is 10.3. The fraction of sp³-hybridized carbons (Fsp3) is 0.0833. The zero-order chi connectivity index (χ0) is 13.1. The molecule has 0 fully saturated rings. The second kappa shape index (κ2) is 5.69. The molecule has 0 aliphatic rings. The maximum atomic E-state index is 12.2. The molecule has 1 aromatic heterocycles. The highest BCUT2D eigenvalue weighted by molar-refractivity contribution is 7.84. The van der Waals surface area contributed by atoms with E-state index in [1.807, 2.05) is 0 Å². The third-order valence-electron chi connectivity index (χ3n) is 2.28. The fourth-order valence-electron chi connectivity index (χ4n) is 1.40. The number of halogens is 2. The number of hydrogen-bond acceptors (Lipinski definition) is 3. The van der Waals surface area contributed by atoms with Gasteiger partial charge >= 0.3 is 0 Å². The first-order chi connectivity index (χ1) is 8.56. The van der Waals surface area contributed by atoms with Gasteiger partial charge in [-0.25, -0.2) is 4.98 Å². The summed E-state index contributed by atoms with van der Waals surface area (Å²) < 4.78 is 12.2. The normalized spacial score (nSPS) is 12.3. The third kappa shape index (κ3) is 3.22. The van der Waals surface area contributed by atoms with Crippen molar-refractivity contribution >= 4 is 39.8 Å². The molecular formula is C12H10Cl2N2OS. The summed E-state index contributed by atoms with van der Waals surface area (Å²) in [5.74, 6) is 0.762. The Labute approximate surface area is 117 Å². The van der Waals surface area contributed by atoms with Crippen molar-refractivity contribution in [1.82, 2.24) is 4.98 Å². The van der Waals surface area contributed by atoms with Crippen molar-refractivity contribution in [3.8, 4) is 0 Å². The predicted molar refractivity (Wildman–Crippen MR) is 75.2 cm³/mol. The first-order valence-corrected chi connectivity index (χ1v) is 7.17. The van der Waals surface area contributed by atoms with E-state index >= 15 is 0 Å². The van der Waals surface area contributed by atoms with Gasteiger partial charge in [0.15, 0.2) is 0 Å². The summed E-state index contributed by atoms with van der Waals surface area (Å²) in [6.07, 6.45) is 1.60. The molecule has 2 rings (SSSR count). The molecule has 0 aliphatic heterocycles. The van der Waals surface area contributed by atoms with Crippen LogP contribution in [0.2, 0.25) is 10.0 Å². The van der Waals surface area contributed by atoms with Gasteiger partial charge in [-0.2, -0.15) is 0 Å². The lowest BCUT2D eigenvalue weighted by molar-refractivity contribution is 0.682. The van der Waals surface area contributed by atoms with Gasteiger partial charge in [-0.3, -0.25) is 4.21 Å². The fourth-order valence-corrected chi connectivity index (χ4v) is 3.19. The van der Waals surface area contributed by atoms with Crippen LogP contribution < -0.4 is 5.73 Å². The summed E-state index contributed by atoms with van der Waals surface area (Å²) in [4.78, 5) is 4.48. The van der Waals surface area contributed by atoms with Crippen LogP contribution in [-0.2, 0) is 16.6 Å². The van der Waals surface area contributed by atoms with E-state index < -0.39 is 10.8 Å². The number of aromatic nitrogens is 1. The molecule has 94 valence electrons. The Morgan fingerprint density at radius 2 is 2.00 bits per heavy atom. The Hall–Kier alpha value is -1.10. The van der Waals surface area contributed by atoms with Crippen LogP contribution in [-0.4, -0.2) is 9.19 Å². The van der Waals surface area contributed by atoms with Gasteiger partial charge in [-0.1, -0.05) is 29.3 Å². The number of nitrogen functional groups attached to an aromatic ring is 1. The Morgan fingerprint density at radius 1 is 1.22 bits per heavy atom. The van der Waals surface area contributed by atoms with Crippen LogP contribution in [0.3, 0.4) is 0 Å². The first kappa shape index (κ1) is 13.3. The van der Waals surface area contributed by atoms with Crippen molar-refractivity contribution in [2.24, 2.45) is 0 Å². The van der Waals surface area contributed by atoms with Gasteiger partial charge in [0.1, 0.15) is 5.82 Å². The molecule has 0 aliphatic carbocycles. The van der Waals surface area contributed by atoms with Crippen LogP contribution in [0.25, 0.3) is 0 Å². The van der Waals surface area contributed by atoms with Gasteiger partial charge in [-0.15, -0.1) is 0 Å². The molecule has 18 heavy (non-hydrogen) atoms. The van der Waals surface area contributed by atoms with E-state index in [4.69, 9.17) is 28.9 Å². The zero-order valence-electron chi connectivity index (χ0n) is 9.27. The molecule has 0 saturated heterocycles. The monoisotopic (exact) mass is 300 g/mol. The quantitative estimate of drug-likeness (QED) is 0.946. The van der Waals surface area contributed by atoms with Crippen molar-refractivity contribution in [3.63, 3.8) is 0 Å². The topological polar surface area (TPSA) is 56.0 Å². The van der Waals surface area contributed by atoms with Crippen LogP contribution in [0.5, 0.6) is 0 Å². The summed E-state index contributed by atoms with van der Waals surface area (Å²) in [7, 11) is -1.26. The molecule has 1 aromatic carbocycles. The van der Waals surface area contributed by atoms with Crippen LogP contribution in [0.4, 0.5) is 5.82 Å². The highest BCUT2D eigenvalue weighted by Crippen LogP contribution is 2.25. The molecule has 1 atom stereocenters. The molecule has 1 heterocycles. The summed E-state index contributed by atoms with van der Waals surface area (Å²) in [6.45, 7) is 0. The maximum absolute atomic E-state index is 12.2. The first-order valence-electron chi connectivity index (χ1n) is 5.10.